The number of hydrogen-bond donors (Lipinski definition) is 4. The van der Waals surface area contributed by atoms with Crippen LogP contribution in [-0.2, 0) is 16.0 Å². The lowest BCUT2D eigenvalue weighted by Crippen LogP contribution is -2.48. The van der Waals surface area contributed by atoms with Crippen LogP contribution < -0.4 is 21.3 Å². The number of carbonyl (C=O) groups is 2. The predicted octanol–water partition coefficient (Wildman–Crippen LogP) is 2.28. The molecule has 4 N–H and O–H groups in total. The number of carbonyl (C=O) groups excluding carboxylic acids is 2. The molecule has 0 fully saturated rings. The summed E-state index contributed by atoms with van der Waals surface area (Å²) in [7, 11) is 0. The minimum absolute atomic E-state index is 0. The highest BCUT2D eigenvalue weighted by atomic mass is 127. The van der Waals surface area contributed by atoms with E-state index < -0.39 is 0 Å². The van der Waals surface area contributed by atoms with E-state index in [1.54, 1.807) is 0 Å². The molecule has 0 heterocycles. The normalized spacial score (nSPS) is 11.2. The third kappa shape index (κ3) is 11.5. The van der Waals surface area contributed by atoms with Crippen LogP contribution in [0.4, 0.5) is 5.69 Å². The first-order valence-electron chi connectivity index (χ1n) is 8.95. The average Bonchev–Trinajstić information content (AvgIpc) is 2.56. The van der Waals surface area contributed by atoms with E-state index in [1.807, 2.05) is 52.0 Å². The van der Waals surface area contributed by atoms with Gasteiger partial charge < -0.3 is 21.3 Å². The Morgan fingerprint density at radius 3 is 2.37 bits per heavy atom. The molecule has 0 unspecified atom stereocenters. The number of amides is 2. The lowest BCUT2D eigenvalue weighted by atomic mass is 10.1. The maximum Gasteiger partial charge on any atom is 0.246 e. The molecular weight excluding hydrogens is 457 g/mol. The topological polar surface area (TPSA) is 94.6 Å². The highest BCUT2D eigenvalue weighted by molar-refractivity contribution is 14.0. The molecule has 0 aliphatic rings. The minimum Gasteiger partial charge on any atom is -0.357 e. The van der Waals surface area contributed by atoms with E-state index in [-0.39, 0.29) is 54.4 Å². The summed E-state index contributed by atoms with van der Waals surface area (Å²) in [5.41, 5.74) is 1.62. The molecular formula is C19H32IN5O2. The molecule has 0 atom stereocenters. The number of anilines is 1. The number of guanidine groups is 1. The molecule has 0 saturated carbocycles. The fourth-order valence-corrected chi connectivity index (χ4v) is 2.19. The third-order valence-electron chi connectivity index (χ3n) is 3.27. The van der Waals surface area contributed by atoms with E-state index in [0.29, 0.717) is 12.5 Å². The number of hydrogen-bond acceptors (Lipinski definition) is 3. The van der Waals surface area contributed by atoms with Crippen molar-refractivity contribution in [3.05, 3.63) is 29.8 Å². The van der Waals surface area contributed by atoms with Crippen molar-refractivity contribution in [2.24, 2.45) is 4.99 Å². The molecule has 0 radical (unpaired) electrons. The Bertz CT molecular complexity index is 641. The lowest BCUT2D eigenvalue weighted by Gasteiger charge is -2.21. The van der Waals surface area contributed by atoms with Gasteiger partial charge in [-0.2, -0.15) is 0 Å². The zero-order valence-electron chi connectivity index (χ0n) is 16.8. The van der Waals surface area contributed by atoms with Crippen LogP contribution in [-0.4, -0.2) is 42.9 Å². The van der Waals surface area contributed by atoms with Crippen molar-refractivity contribution >= 4 is 47.4 Å². The molecule has 0 bridgehead atoms. The molecule has 0 aliphatic heterocycles. The van der Waals surface area contributed by atoms with Crippen molar-refractivity contribution in [2.75, 3.05) is 25.0 Å². The van der Waals surface area contributed by atoms with Gasteiger partial charge in [-0.1, -0.05) is 19.1 Å². The Hall–Kier alpha value is -1.84. The van der Waals surface area contributed by atoms with Gasteiger partial charge in [0.25, 0.3) is 0 Å². The van der Waals surface area contributed by atoms with Crippen LogP contribution in [0, 0.1) is 0 Å². The molecule has 8 heteroatoms. The second kappa shape index (κ2) is 12.5. The van der Waals surface area contributed by atoms with E-state index in [0.717, 1.165) is 17.7 Å². The van der Waals surface area contributed by atoms with E-state index in [1.165, 1.54) is 0 Å². The van der Waals surface area contributed by atoms with Gasteiger partial charge in [-0.25, -0.2) is 4.99 Å². The van der Waals surface area contributed by atoms with Crippen LogP contribution >= 0.6 is 24.0 Å². The van der Waals surface area contributed by atoms with Crippen LogP contribution in [0.2, 0.25) is 0 Å². The standard InChI is InChI=1S/C19H31N5O2.HI/c1-6-14-9-8-10-15(11-14)23-16(25)12-21-18(20-7-2)22-13-17(26)24-19(3,4)5;/h8-11H,6-7,12-13H2,1-5H3,(H,23,25)(H,24,26)(H2,20,21,22);1H. The number of nitrogens with zero attached hydrogens (tertiary/aromatic N) is 1. The van der Waals surface area contributed by atoms with Gasteiger partial charge in [-0.3, -0.25) is 9.59 Å². The van der Waals surface area contributed by atoms with Gasteiger partial charge in [0.15, 0.2) is 5.96 Å². The first-order chi connectivity index (χ1) is 12.2. The Kier molecular flexibility index (Phi) is 11.7. The van der Waals surface area contributed by atoms with Gasteiger partial charge in [-0.15, -0.1) is 24.0 Å². The second-order valence-corrected chi connectivity index (χ2v) is 6.95. The Morgan fingerprint density at radius 1 is 1.07 bits per heavy atom. The third-order valence-corrected chi connectivity index (χ3v) is 3.27. The SMILES string of the molecule is CCNC(=NCC(=O)Nc1cccc(CC)c1)NCC(=O)NC(C)(C)C.I. The largest absolute Gasteiger partial charge is 0.357 e. The first kappa shape index (κ1) is 25.2. The van der Waals surface area contributed by atoms with Crippen molar-refractivity contribution < 1.29 is 9.59 Å². The van der Waals surface area contributed by atoms with Crippen LogP contribution in [0.3, 0.4) is 0 Å². The van der Waals surface area contributed by atoms with Crippen molar-refractivity contribution in [3.8, 4) is 0 Å². The summed E-state index contributed by atoms with van der Waals surface area (Å²) >= 11 is 0. The summed E-state index contributed by atoms with van der Waals surface area (Å²) in [5.74, 6) is 0.0764. The molecule has 7 nitrogen and oxygen atoms in total. The van der Waals surface area contributed by atoms with E-state index in [9.17, 15) is 9.59 Å². The number of benzene rings is 1. The molecule has 0 aromatic heterocycles. The van der Waals surface area contributed by atoms with Gasteiger partial charge in [0, 0.05) is 17.8 Å². The number of halogens is 1. The molecule has 0 saturated heterocycles. The summed E-state index contributed by atoms with van der Waals surface area (Å²) in [4.78, 5) is 28.2. The highest BCUT2D eigenvalue weighted by Gasteiger charge is 2.13. The highest BCUT2D eigenvalue weighted by Crippen LogP contribution is 2.10. The smallest absolute Gasteiger partial charge is 0.246 e. The van der Waals surface area contributed by atoms with Gasteiger partial charge >= 0.3 is 0 Å². The Balaban J connectivity index is 0.00000676. The molecule has 0 aliphatic carbocycles. The van der Waals surface area contributed by atoms with E-state index in [4.69, 9.17) is 0 Å². The quantitative estimate of drug-likeness (QED) is 0.269. The van der Waals surface area contributed by atoms with Gasteiger partial charge in [0.05, 0.1) is 6.54 Å². The van der Waals surface area contributed by atoms with Gasteiger partial charge in [0.2, 0.25) is 11.8 Å². The van der Waals surface area contributed by atoms with Crippen LogP contribution in [0.5, 0.6) is 0 Å². The number of rotatable bonds is 7. The summed E-state index contributed by atoms with van der Waals surface area (Å²) in [6.07, 6.45) is 0.910. The molecule has 1 aromatic rings. The second-order valence-electron chi connectivity index (χ2n) is 6.95. The molecule has 27 heavy (non-hydrogen) atoms. The predicted molar refractivity (Wildman–Crippen MR) is 122 cm³/mol. The fourth-order valence-electron chi connectivity index (χ4n) is 2.19. The summed E-state index contributed by atoms with van der Waals surface area (Å²) < 4.78 is 0. The maximum atomic E-state index is 12.1. The van der Waals surface area contributed by atoms with Crippen molar-refractivity contribution in [1.82, 2.24) is 16.0 Å². The Labute approximate surface area is 179 Å². The molecule has 1 aromatic carbocycles. The first-order valence-corrected chi connectivity index (χ1v) is 8.95. The summed E-state index contributed by atoms with van der Waals surface area (Å²) in [5, 5.41) is 11.6. The molecule has 152 valence electrons. The summed E-state index contributed by atoms with van der Waals surface area (Å²) in [6, 6.07) is 7.73. The van der Waals surface area contributed by atoms with E-state index in [2.05, 4.69) is 33.2 Å². The fraction of sp³-hybridized carbons (Fsp3) is 0.526. The van der Waals surface area contributed by atoms with Crippen molar-refractivity contribution in [2.45, 2.75) is 46.6 Å². The van der Waals surface area contributed by atoms with Crippen LogP contribution in [0.25, 0.3) is 0 Å². The number of nitrogens with one attached hydrogen (secondary N) is 4. The maximum absolute atomic E-state index is 12.1. The summed E-state index contributed by atoms with van der Waals surface area (Å²) in [6.45, 7) is 10.4. The van der Waals surface area contributed by atoms with Crippen LogP contribution in [0.1, 0.15) is 40.2 Å². The van der Waals surface area contributed by atoms with Crippen molar-refractivity contribution in [1.29, 1.82) is 0 Å². The Morgan fingerprint density at radius 2 is 1.78 bits per heavy atom. The number of aliphatic imine (C=N–C) groups is 1. The van der Waals surface area contributed by atoms with Crippen LogP contribution in [0.15, 0.2) is 29.3 Å². The minimum atomic E-state index is -0.291. The van der Waals surface area contributed by atoms with Crippen molar-refractivity contribution in [3.63, 3.8) is 0 Å². The van der Waals surface area contributed by atoms with E-state index >= 15 is 0 Å². The van der Waals surface area contributed by atoms with Gasteiger partial charge in [-0.05, 0) is 51.8 Å². The average molecular weight is 489 g/mol. The lowest BCUT2D eigenvalue weighted by molar-refractivity contribution is -0.121. The zero-order valence-corrected chi connectivity index (χ0v) is 19.1. The monoisotopic (exact) mass is 489 g/mol. The zero-order chi connectivity index (χ0) is 19.6. The number of aryl methyl sites for hydroxylation is 1. The molecule has 1 rings (SSSR count). The van der Waals surface area contributed by atoms with Gasteiger partial charge in [0.1, 0.15) is 6.54 Å². The molecule has 2 amide bonds. The molecule has 0 spiro atoms.